The molecule has 0 saturated heterocycles. The van der Waals surface area contributed by atoms with Crippen molar-refractivity contribution in [2.75, 3.05) is 5.73 Å². The summed E-state index contributed by atoms with van der Waals surface area (Å²) in [5, 5.41) is 4.06. The summed E-state index contributed by atoms with van der Waals surface area (Å²) in [6, 6.07) is 11.5. The van der Waals surface area contributed by atoms with E-state index in [4.69, 9.17) is 10.3 Å². The highest BCUT2D eigenvalue weighted by Gasteiger charge is 2.12. The monoisotopic (exact) mass is 343 g/mol. The fourth-order valence-corrected chi connectivity index (χ4v) is 2.43. The molecule has 106 valence electrons. The van der Waals surface area contributed by atoms with Gasteiger partial charge < -0.3 is 10.3 Å². The first-order valence-corrected chi connectivity index (χ1v) is 7.30. The van der Waals surface area contributed by atoms with Crippen LogP contribution in [0.5, 0.6) is 0 Å². The predicted octanol–water partition coefficient (Wildman–Crippen LogP) is 4.37. The third-order valence-electron chi connectivity index (χ3n) is 3.25. The number of halogens is 1. The summed E-state index contributed by atoms with van der Waals surface area (Å²) >= 11 is 3.56. The van der Waals surface area contributed by atoms with Crippen molar-refractivity contribution >= 4 is 21.6 Å². The number of anilines is 1. The van der Waals surface area contributed by atoms with E-state index in [0.717, 1.165) is 26.7 Å². The zero-order valence-corrected chi connectivity index (χ0v) is 13.3. The van der Waals surface area contributed by atoms with Crippen LogP contribution in [0.3, 0.4) is 0 Å². The Hall–Kier alpha value is -2.14. The standard InChI is InChI=1S/C16H14BrN3O/c1-9-6-12(7-10(2)14(9)17)15-19-16(21-20-15)11-4-3-5-13(18)8-11/h3-8H,18H2,1-2H3. The fourth-order valence-electron chi connectivity index (χ4n) is 2.20. The van der Waals surface area contributed by atoms with Gasteiger partial charge in [-0.1, -0.05) is 27.2 Å². The van der Waals surface area contributed by atoms with Crippen LogP contribution in [-0.2, 0) is 0 Å². The van der Waals surface area contributed by atoms with Crippen LogP contribution in [0.2, 0.25) is 0 Å². The summed E-state index contributed by atoms with van der Waals surface area (Å²) in [6.07, 6.45) is 0. The van der Waals surface area contributed by atoms with E-state index in [0.29, 0.717) is 17.4 Å². The minimum atomic E-state index is 0.468. The topological polar surface area (TPSA) is 64.9 Å². The number of nitrogen functional groups attached to an aromatic ring is 1. The molecule has 21 heavy (non-hydrogen) atoms. The zero-order valence-electron chi connectivity index (χ0n) is 11.7. The Bertz CT molecular complexity index is 788. The number of benzene rings is 2. The number of nitrogens with two attached hydrogens (primary N) is 1. The van der Waals surface area contributed by atoms with Gasteiger partial charge in [-0.15, -0.1) is 0 Å². The Morgan fingerprint density at radius 2 is 1.76 bits per heavy atom. The first kappa shape index (κ1) is 13.8. The Kier molecular flexibility index (Phi) is 3.51. The maximum absolute atomic E-state index is 5.78. The van der Waals surface area contributed by atoms with Crippen LogP contribution in [0.25, 0.3) is 22.8 Å². The lowest BCUT2D eigenvalue weighted by atomic mass is 10.1. The average Bonchev–Trinajstić information content (AvgIpc) is 2.94. The second kappa shape index (κ2) is 5.33. The zero-order chi connectivity index (χ0) is 15.0. The largest absolute Gasteiger partial charge is 0.399 e. The van der Waals surface area contributed by atoms with E-state index in [-0.39, 0.29) is 0 Å². The van der Waals surface area contributed by atoms with Gasteiger partial charge in [0.15, 0.2) is 0 Å². The van der Waals surface area contributed by atoms with Gasteiger partial charge in [-0.3, -0.25) is 0 Å². The molecule has 1 heterocycles. The Labute approximate surface area is 131 Å². The molecular weight excluding hydrogens is 330 g/mol. The minimum Gasteiger partial charge on any atom is -0.399 e. The second-order valence-corrected chi connectivity index (χ2v) is 5.77. The maximum Gasteiger partial charge on any atom is 0.258 e. The van der Waals surface area contributed by atoms with Crippen molar-refractivity contribution in [2.24, 2.45) is 0 Å². The molecule has 0 aliphatic rings. The molecule has 0 unspecified atom stereocenters. The van der Waals surface area contributed by atoms with Gasteiger partial charge in [0.2, 0.25) is 5.82 Å². The van der Waals surface area contributed by atoms with Gasteiger partial charge in [0.25, 0.3) is 5.89 Å². The van der Waals surface area contributed by atoms with Crippen molar-refractivity contribution in [1.29, 1.82) is 0 Å². The molecule has 2 N–H and O–H groups in total. The molecule has 0 radical (unpaired) electrons. The van der Waals surface area contributed by atoms with Crippen LogP contribution < -0.4 is 5.73 Å². The smallest absolute Gasteiger partial charge is 0.258 e. The van der Waals surface area contributed by atoms with E-state index in [9.17, 15) is 0 Å². The first-order chi connectivity index (χ1) is 10.0. The van der Waals surface area contributed by atoms with Gasteiger partial charge in [-0.2, -0.15) is 4.98 Å². The van der Waals surface area contributed by atoms with Crippen molar-refractivity contribution in [2.45, 2.75) is 13.8 Å². The average molecular weight is 344 g/mol. The molecule has 0 saturated carbocycles. The third kappa shape index (κ3) is 2.69. The van der Waals surface area contributed by atoms with Crippen molar-refractivity contribution < 1.29 is 4.52 Å². The quantitative estimate of drug-likeness (QED) is 0.702. The number of aromatic nitrogens is 2. The molecular formula is C16H14BrN3O. The highest BCUT2D eigenvalue weighted by atomic mass is 79.9. The second-order valence-electron chi connectivity index (χ2n) is 4.97. The number of nitrogens with zero attached hydrogens (tertiary/aromatic N) is 2. The molecule has 2 aromatic carbocycles. The van der Waals surface area contributed by atoms with E-state index in [1.807, 2.05) is 50.2 Å². The molecule has 1 aromatic heterocycles. The minimum absolute atomic E-state index is 0.468. The van der Waals surface area contributed by atoms with Crippen molar-refractivity contribution in [3.63, 3.8) is 0 Å². The Balaban J connectivity index is 2.02. The third-order valence-corrected chi connectivity index (χ3v) is 4.51. The van der Waals surface area contributed by atoms with E-state index in [1.165, 1.54) is 0 Å². The fraction of sp³-hybridized carbons (Fsp3) is 0.125. The van der Waals surface area contributed by atoms with Crippen molar-refractivity contribution in [1.82, 2.24) is 10.1 Å². The number of hydrogen-bond acceptors (Lipinski definition) is 4. The lowest BCUT2D eigenvalue weighted by Crippen LogP contribution is -1.88. The van der Waals surface area contributed by atoms with E-state index in [1.54, 1.807) is 0 Å². The lowest BCUT2D eigenvalue weighted by Gasteiger charge is -2.04. The van der Waals surface area contributed by atoms with E-state index >= 15 is 0 Å². The summed E-state index contributed by atoms with van der Waals surface area (Å²) in [5.41, 5.74) is 10.5. The molecule has 0 aliphatic carbocycles. The number of aryl methyl sites for hydroxylation is 2. The SMILES string of the molecule is Cc1cc(-c2noc(-c3cccc(N)c3)n2)cc(C)c1Br. The molecule has 0 amide bonds. The van der Waals surface area contributed by atoms with Gasteiger partial charge in [-0.05, 0) is 55.3 Å². The Morgan fingerprint density at radius 3 is 2.43 bits per heavy atom. The van der Waals surface area contributed by atoms with Crippen molar-refractivity contribution in [3.05, 3.63) is 52.0 Å². The predicted molar refractivity (Wildman–Crippen MR) is 86.8 cm³/mol. The highest BCUT2D eigenvalue weighted by Crippen LogP contribution is 2.28. The van der Waals surface area contributed by atoms with Crippen LogP contribution in [0, 0.1) is 13.8 Å². The van der Waals surface area contributed by atoms with Crippen LogP contribution in [0.1, 0.15) is 11.1 Å². The van der Waals surface area contributed by atoms with Crippen LogP contribution >= 0.6 is 15.9 Å². The molecule has 0 spiro atoms. The van der Waals surface area contributed by atoms with Gasteiger partial charge >= 0.3 is 0 Å². The molecule has 0 aliphatic heterocycles. The molecule has 3 rings (SSSR count). The number of rotatable bonds is 2. The highest BCUT2D eigenvalue weighted by molar-refractivity contribution is 9.10. The summed E-state index contributed by atoms with van der Waals surface area (Å²) in [5.74, 6) is 1.04. The van der Waals surface area contributed by atoms with Gasteiger partial charge in [0.1, 0.15) is 0 Å². The molecule has 0 bridgehead atoms. The van der Waals surface area contributed by atoms with Gasteiger partial charge in [0.05, 0.1) is 0 Å². The normalized spacial score (nSPS) is 10.8. The van der Waals surface area contributed by atoms with Crippen LogP contribution in [0.4, 0.5) is 5.69 Å². The Morgan fingerprint density at radius 1 is 1.05 bits per heavy atom. The van der Waals surface area contributed by atoms with Crippen LogP contribution in [0.15, 0.2) is 45.4 Å². The molecule has 0 atom stereocenters. The van der Waals surface area contributed by atoms with Crippen molar-refractivity contribution in [3.8, 4) is 22.8 Å². The first-order valence-electron chi connectivity index (χ1n) is 6.51. The summed E-state index contributed by atoms with van der Waals surface area (Å²) in [7, 11) is 0. The van der Waals surface area contributed by atoms with E-state index in [2.05, 4.69) is 26.1 Å². The summed E-state index contributed by atoms with van der Waals surface area (Å²) in [6.45, 7) is 4.08. The maximum atomic E-state index is 5.78. The van der Waals surface area contributed by atoms with E-state index < -0.39 is 0 Å². The van der Waals surface area contributed by atoms with Gasteiger partial charge in [0, 0.05) is 21.3 Å². The van der Waals surface area contributed by atoms with Crippen LogP contribution in [-0.4, -0.2) is 10.1 Å². The van der Waals surface area contributed by atoms with Gasteiger partial charge in [-0.25, -0.2) is 0 Å². The molecule has 4 nitrogen and oxygen atoms in total. The molecule has 3 aromatic rings. The summed E-state index contributed by atoms with van der Waals surface area (Å²) in [4.78, 5) is 4.46. The summed E-state index contributed by atoms with van der Waals surface area (Å²) < 4.78 is 6.44. The lowest BCUT2D eigenvalue weighted by molar-refractivity contribution is 0.432. The molecule has 5 heteroatoms. The number of hydrogen-bond donors (Lipinski definition) is 1. The molecule has 0 fully saturated rings.